The molecule has 0 atom stereocenters. The Hall–Kier alpha value is -3.20. The Morgan fingerprint density at radius 1 is 0.909 bits per heavy atom. The number of benzene rings is 2. The molecule has 0 radical (unpaired) electrons. The van der Waals surface area contributed by atoms with Crippen LogP contribution >= 0.6 is 11.8 Å². The second-order valence-corrected chi connectivity index (χ2v) is 9.05. The van der Waals surface area contributed by atoms with E-state index in [1.165, 1.54) is 24.3 Å². The number of nitrogens with zero attached hydrogens (tertiary/aromatic N) is 6. The summed E-state index contributed by atoms with van der Waals surface area (Å²) in [5.41, 5.74) is 2.41. The van der Waals surface area contributed by atoms with Crippen LogP contribution in [0.25, 0.3) is 22.8 Å². The summed E-state index contributed by atoms with van der Waals surface area (Å²) < 4.78 is 28.7. The average molecular weight is 467 g/mol. The summed E-state index contributed by atoms with van der Waals surface area (Å²) in [6, 6.07) is 12.3. The van der Waals surface area contributed by atoms with Crippen molar-refractivity contribution in [1.82, 2.24) is 24.6 Å². The van der Waals surface area contributed by atoms with E-state index in [1.807, 2.05) is 11.8 Å². The third-order valence-corrected chi connectivity index (χ3v) is 6.81. The van der Waals surface area contributed by atoms with Gasteiger partial charge in [0.1, 0.15) is 11.6 Å². The predicted molar refractivity (Wildman–Crippen MR) is 128 cm³/mol. The topological polar surface area (TPSA) is 49.6 Å². The third kappa shape index (κ3) is 4.78. The highest BCUT2D eigenvalue weighted by molar-refractivity contribution is 8.14. The smallest absolute Gasteiger partial charge is 0.181 e. The molecular weight excluding hydrogens is 442 g/mol. The van der Waals surface area contributed by atoms with Gasteiger partial charge in [0.15, 0.2) is 16.8 Å². The van der Waals surface area contributed by atoms with Crippen LogP contribution in [0, 0.1) is 11.6 Å². The Bertz CT molecular complexity index is 1160. The lowest BCUT2D eigenvalue weighted by Crippen LogP contribution is -2.47. The Labute approximate surface area is 195 Å². The van der Waals surface area contributed by atoms with Crippen LogP contribution in [0.1, 0.15) is 0 Å². The molecule has 0 N–H and O–H groups in total. The summed E-state index contributed by atoms with van der Waals surface area (Å²) in [7, 11) is 0. The number of aliphatic imine (C=N–C) groups is 1. The summed E-state index contributed by atoms with van der Waals surface area (Å²) in [6.07, 6.45) is 0. The van der Waals surface area contributed by atoms with Crippen molar-refractivity contribution in [2.24, 2.45) is 4.99 Å². The third-order valence-electron chi connectivity index (χ3n) is 5.78. The SMILES string of the molecule is C=C(Cn1nc(-c2ccc(F)cc2)nc1-c1ccc(F)cc1)N1CCN(C2=NCCS2)CC1. The van der Waals surface area contributed by atoms with Gasteiger partial charge in [0, 0.05) is 48.8 Å². The number of aromatic nitrogens is 3. The Kier molecular flexibility index (Phi) is 6.13. The molecule has 0 spiro atoms. The summed E-state index contributed by atoms with van der Waals surface area (Å²) >= 11 is 1.83. The van der Waals surface area contributed by atoms with Crippen LogP contribution in [0.3, 0.4) is 0 Å². The van der Waals surface area contributed by atoms with Crippen LogP contribution in [0.4, 0.5) is 8.78 Å². The van der Waals surface area contributed by atoms with Gasteiger partial charge in [0.2, 0.25) is 0 Å². The van der Waals surface area contributed by atoms with E-state index in [9.17, 15) is 8.78 Å². The van der Waals surface area contributed by atoms with E-state index in [4.69, 9.17) is 10.1 Å². The van der Waals surface area contributed by atoms with Crippen LogP contribution < -0.4 is 0 Å². The molecule has 33 heavy (non-hydrogen) atoms. The van der Waals surface area contributed by atoms with Gasteiger partial charge in [-0.05, 0) is 48.5 Å². The van der Waals surface area contributed by atoms with Crippen LogP contribution in [-0.2, 0) is 6.54 Å². The monoisotopic (exact) mass is 466 g/mol. The summed E-state index contributed by atoms with van der Waals surface area (Å²) in [6.45, 7) is 9.22. The molecule has 2 aliphatic rings. The van der Waals surface area contributed by atoms with Gasteiger partial charge < -0.3 is 9.80 Å². The molecule has 6 nitrogen and oxygen atoms in total. The fourth-order valence-corrected chi connectivity index (χ4v) is 4.90. The maximum Gasteiger partial charge on any atom is 0.181 e. The zero-order chi connectivity index (χ0) is 22.8. The van der Waals surface area contributed by atoms with Crippen LogP contribution in [-0.4, -0.2) is 68.2 Å². The maximum absolute atomic E-state index is 13.5. The first-order valence-corrected chi connectivity index (χ1v) is 11.9. The molecule has 170 valence electrons. The molecular formula is C24H24F2N6S. The van der Waals surface area contributed by atoms with Crippen molar-refractivity contribution in [2.75, 3.05) is 38.5 Å². The number of thioether (sulfide) groups is 1. The number of allylic oxidation sites excluding steroid dienone is 1. The second-order valence-electron chi connectivity index (χ2n) is 7.98. The minimum atomic E-state index is -0.313. The van der Waals surface area contributed by atoms with Gasteiger partial charge >= 0.3 is 0 Å². The fraction of sp³-hybridized carbons (Fsp3) is 0.292. The first kappa shape index (κ1) is 21.6. The molecule has 1 aromatic heterocycles. The summed E-state index contributed by atoms with van der Waals surface area (Å²) in [4.78, 5) is 13.9. The first-order chi connectivity index (χ1) is 16.1. The van der Waals surface area contributed by atoms with E-state index >= 15 is 0 Å². The van der Waals surface area contributed by atoms with Crippen molar-refractivity contribution in [3.05, 3.63) is 72.4 Å². The number of hydrogen-bond donors (Lipinski definition) is 0. The summed E-state index contributed by atoms with van der Waals surface area (Å²) in [5.74, 6) is 1.55. The zero-order valence-electron chi connectivity index (χ0n) is 18.1. The van der Waals surface area contributed by atoms with Crippen molar-refractivity contribution in [3.63, 3.8) is 0 Å². The molecule has 3 heterocycles. The lowest BCUT2D eigenvalue weighted by atomic mass is 10.2. The van der Waals surface area contributed by atoms with Gasteiger partial charge in [-0.2, -0.15) is 5.10 Å². The van der Waals surface area contributed by atoms with Gasteiger partial charge in [0.25, 0.3) is 0 Å². The van der Waals surface area contributed by atoms with E-state index in [1.54, 1.807) is 28.9 Å². The molecule has 9 heteroatoms. The average Bonchev–Trinajstić information content (AvgIpc) is 3.51. The molecule has 2 aliphatic heterocycles. The minimum absolute atomic E-state index is 0.309. The van der Waals surface area contributed by atoms with Crippen molar-refractivity contribution >= 4 is 16.9 Å². The van der Waals surface area contributed by atoms with E-state index in [0.717, 1.165) is 54.9 Å². The zero-order valence-corrected chi connectivity index (χ0v) is 18.9. The van der Waals surface area contributed by atoms with Crippen molar-refractivity contribution in [1.29, 1.82) is 0 Å². The highest BCUT2D eigenvalue weighted by Gasteiger charge is 2.23. The van der Waals surface area contributed by atoms with Gasteiger partial charge in [-0.1, -0.05) is 18.3 Å². The highest BCUT2D eigenvalue weighted by Crippen LogP contribution is 2.25. The van der Waals surface area contributed by atoms with Crippen LogP contribution in [0.5, 0.6) is 0 Å². The van der Waals surface area contributed by atoms with E-state index < -0.39 is 0 Å². The maximum atomic E-state index is 13.5. The van der Waals surface area contributed by atoms with Gasteiger partial charge in [0.05, 0.1) is 13.1 Å². The predicted octanol–water partition coefficient (Wildman–Crippen LogP) is 4.12. The molecule has 1 saturated heterocycles. The van der Waals surface area contributed by atoms with Gasteiger partial charge in [-0.25, -0.2) is 18.4 Å². The Balaban J connectivity index is 1.36. The number of amidine groups is 1. The second kappa shape index (κ2) is 9.35. The van der Waals surface area contributed by atoms with Crippen molar-refractivity contribution in [3.8, 4) is 22.8 Å². The van der Waals surface area contributed by atoms with E-state index in [2.05, 4.69) is 21.4 Å². The Morgan fingerprint density at radius 3 is 2.15 bits per heavy atom. The highest BCUT2D eigenvalue weighted by atomic mass is 32.2. The molecule has 0 saturated carbocycles. The molecule has 0 bridgehead atoms. The minimum Gasteiger partial charge on any atom is -0.370 e. The van der Waals surface area contributed by atoms with Crippen molar-refractivity contribution < 1.29 is 8.78 Å². The van der Waals surface area contributed by atoms with Crippen LogP contribution in [0.2, 0.25) is 0 Å². The molecule has 0 unspecified atom stereocenters. The molecule has 3 aromatic rings. The van der Waals surface area contributed by atoms with E-state index in [-0.39, 0.29) is 11.6 Å². The number of hydrogen-bond acceptors (Lipinski definition) is 6. The number of halogens is 2. The van der Waals surface area contributed by atoms with Crippen LogP contribution in [0.15, 0.2) is 65.8 Å². The molecule has 0 aliphatic carbocycles. The van der Waals surface area contributed by atoms with Gasteiger partial charge in [-0.15, -0.1) is 0 Å². The Morgan fingerprint density at radius 2 is 1.55 bits per heavy atom. The summed E-state index contributed by atoms with van der Waals surface area (Å²) in [5, 5.41) is 5.84. The molecule has 5 rings (SSSR count). The van der Waals surface area contributed by atoms with E-state index in [0.29, 0.717) is 23.8 Å². The standard InChI is InChI=1S/C24H24F2N6S/c1-17(30-11-13-31(14-12-30)24-27-10-15-33-24)16-32-23(19-4-8-21(26)9-5-19)28-22(29-32)18-2-6-20(25)7-3-18/h2-9H,1,10-16H2. The normalized spacial score (nSPS) is 16.2. The number of piperazine rings is 1. The molecule has 1 fully saturated rings. The largest absolute Gasteiger partial charge is 0.370 e. The van der Waals surface area contributed by atoms with Crippen molar-refractivity contribution in [2.45, 2.75) is 6.54 Å². The number of rotatable bonds is 5. The van der Waals surface area contributed by atoms with Gasteiger partial charge in [-0.3, -0.25) is 4.99 Å². The molecule has 2 aromatic carbocycles. The lowest BCUT2D eigenvalue weighted by molar-refractivity contribution is 0.216. The lowest BCUT2D eigenvalue weighted by Gasteiger charge is -2.37. The first-order valence-electron chi connectivity index (χ1n) is 10.9. The quantitative estimate of drug-likeness (QED) is 0.566. The fourth-order valence-electron chi connectivity index (χ4n) is 3.99. The molecule has 0 amide bonds.